The second kappa shape index (κ2) is 9.15. The summed E-state index contributed by atoms with van der Waals surface area (Å²) < 4.78 is 0. The molecular formula is C21H30N2O4. The van der Waals surface area contributed by atoms with Crippen LogP contribution in [0.15, 0.2) is 42.5 Å². The van der Waals surface area contributed by atoms with Crippen molar-refractivity contribution in [1.82, 2.24) is 10.2 Å². The summed E-state index contributed by atoms with van der Waals surface area (Å²) in [5.74, 6) is -1.66. The number of hydrogen-bond acceptors (Lipinski definition) is 4. The van der Waals surface area contributed by atoms with Crippen LogP contribution in [0.25, 0.3) is 0 Å². The lowest BCUT2D eigenvalue weighted by Gasteiger charge is -2.57. The first-order valence-corrected chi connectivity index (χ1v) is 9.41. The highest BCUT2D eigenvalue weighted by Gasteiger charge is 2.47. The van der Waals surface area contributed by atoms with Crippen molar-refractivity contribution in [2.45, 2.75) is 51.2 Å². The first kappa shape index (κ1) is 21.1. The standard InChI is InChI=1S/C17H26N2.C4H4O4/c1-13(14-7-5-4-6-8-14)18-16-15-9-11-19(12-10-15)17(16,2)3;5-3(6)1-2-4(7)8/h4-8,13,15-16,18H,9-12H2,1-3H3;1-2H,(H,5,6)(H,7,8)/t13-,16?;/m1./s1. The Morgan fingerprint density at radius 2 is 1.63 bits per heavy atom. The Bertz CT molecular complexity index is 648. The number of hydrogen-bond donors (Lipinski definition) is 3. The molecule has 0 saturated carbocycles. The first-order chi connectivity index (χ1) is 12.7. The van der Waals surface area contributed by atoms with E-state index in [1.807, 2.05) is 0 Å². The summed E-state index contributed by atoms with van der Waals surface area (Å²) in [6, 6.07) is 11.9. The molecule has 3 fully saturated rings. The number of benzene rings is 1. The molecule has 148 valence electrons. The van der Waals surface area contributed by atoms with Gasteiger partial charge in [0.05, 0.1) is 0 Å². The molecule has 1 aromatic rings. The summed E-state index contributed by atoms with van der Waals surface area (Å²) in [7, 11) is 0. The molecule has 0 spiro atoms. The summed E-state index contributed by atoms with van der Waals surface area (Å²) in [5.41, 5.74) is 1.69. The van der Waals surface area contributed by atoms with E-state index in [-0.39, 0.29) is 0 Å². The zero-order valence-electron chi connectivity index (χ0n) is 16.3. The Hall–Kier alpha value is -2.18. The highest BCUT2D eigenvalue weighted by atomic mass is 16.4. The van der Waals surface area contributed by atoms with Gasteiger partial charge in [-0.05, 0) is 58.2 Å². The van der Waals surface area contributed by atoms with Crippen LogP contribution in [0.5, 0.6) is 0 Å². The van der Waals surface area contributed by atoms with E-state index in [4.69, 9.17) is 10.2 Å². The third-order valence-corrected chi connectivity index (χ3v) is 5.68. The van der Waals surface area contributed by atoms with E-state index in [1.54, 1.807) is 0 Å². The van der Waals surface area contributed by atoms with Gasteiger partial charge in [0, 0.05) is 29.8 Å². The van der Waals surface area contributed by atoms with Gasteiger partial charge >= 0.3 is 11.9 Å². The van der Waals surface area contributed by atoms with Crippen LogP contribution in [0.4, 0.5) is 0 Å². The predicted octanol–water partition coefficient (Wildman–Crippen LogP) is 2.92. The highest BCUT2D eigenvalue weighted by molar-refractivity contribution is 5.89. The van der Waals surface area contributed by atoms with E-state index in [2.05, 4.69) is 61.3 Å². The van der Waals surface area contributed by atoms with Crippen LogP contribution in [-0.2, 0) is 9.59 Å². The summed E-state index contributed by atoms with van der Waals surface area (Å²) >= 11 is 0. The van der Waals surface area contributed by atoms with Gasteiger partial charge in [-0.3, -0.25) is 4.90 Å². The summed E-state index contributed by atoms with van der Waals surface area (Å²) in [4.78, 5) is 21.8. The average Bonchev–Trinajstić information content (AvgIpc) is 2.64. The van der Waals surface area contributed by atoms with Crippen LogP contribution < -0.4 is 5.32 Å². The van der Waals surface area contributed by atoms with Gasteiger partial charge in [0.2, 0.25) is 0 Å². The summed E-state index contributed by atoms with van der Waals surface area (Å²) in [6.07, 6.45) is 3.84. The molecule has 0 aromatic heterocycles. The highest BCUT2D eigenvalue weighted by Crippen LogP contribution is 2.39. The number of piperidine rings is 3. The van der Waals surface area contributed by atoms with Crippen LogP contribution in [0, 0.1) is 5.92 Å². The molecule has 1 unspecified atom stereocenters. The van der Waals surface area contributed by atoms with Crippen molar-refractivity contribution in [2.24, 2.45) is 5.92 Å². The number of carbonyl (C=O) groups is 2. The number of carboxylic acids is 2. The molecule has 6 heteroatoms. The Kier molecular flexibility index (Phi) is 7.16. The molecule has 3 aliphatic heterocycles. The number of nitrogens with one attached hydrogen (secondary N) is 1. The molecule has 0 radical (unpaired) electrons. The topological polar surface area (TPSA) is 89.9 Å². The fourth-order valence-corrected chi connectivity index (χ4v) is 4.17. The van der Waals surface area contributed by atoms with Crippen molar-refractivity contribution in [3.63, 3.8) is 0 Å². The van der Waals surface area contributed by atoms with E-state index >= 15 is 0 Å². The molecule has 2 bridgehead atoms. The minimum Gasteiger partial charge on any atom is -0.478 e. The molecular weight excluding hydrogens is 344 g/mol. The lowest BCUT2D eigenvalue weighted by atomic mass is 9.71. The molecule has 3 heterocycles. The number of rotatable bonds is 5. The van der Waals surface area contributed by atoms with Gasteiger partial charge in [-0.15, -0.1) is 0 Å². The van der Waals surface area contributed by atoms with E-state index in [1.165, 1.54) is 31.5 Å². The molecule has 2 atom stereocenters. The fraction of sp³-hybridized carbons (Fsp3) is 0.524. The largest absolute Gasteiger partial charge is 0.478 e. The van der Waals surface area contributed by atoms with Crippen molar-refractivity contribution < 1.29 is 19.8 Å². The normalized spacial score (nSPS) is 26.9. The van der Waals surface area contributed by atoms with Gasteiger partial charge in [-0.25, -0.2) is 9.59 Å². The third kappa shape index (κ3) is 5.65. The number of fused-ring (bicyclic) bond motifs is 3. The molecule has 0 aliphatic carbocycles. The number of nitrogens with zero attached hydrogens (tertiary/aromatic N) is 1. The molecule has 27 heavy (non-hydrogen) atoms. The van der Waals surface area contributed by atoms with Crippen molar-refractivity contribution in [3.8, 4) is 0 Å². The zero-order valence-corrected chi connectivity index (χ0v) is 16.3. The lowest BCUT2D eigenvalue weighted by Crippen LogP contribution is -2.68. The van der Waals surface area contributed by atoms with E-state index in [9.17, 15) is 9.59 Å². The third-order valence-electron chi connectivity index (χ3n) is 5.68. The monoisotopic (exact) mass is 374 g/mol. The molecule has 0 amide bonds. The summed E-state index contributed by atoms with van der Waals surface area (Å²) in [5, 5.41) is 19.5. The van der Waals surface area contributed by atoms with Crippen LogP contribution in [0.1, 0.15) is 45.2 Å². The minimum atomic E-state index is -1.26. The molecule has 4 rings (SSSR count). The van der Waals surface area contributed by atoms with Crippen molar-refractivity contribution in [1.29, 1.82) is 0 Å². The van der Waals surface area contributed by atoms with Crippen LogP contribution >= 0.6 is 0 Å². The molecule has 3 saturated heterocycles. The van der Waals surface area contributed by atoms with E-state index < -0.39 is 11.9 Å². The van der Waals surface area contributed by atoms with Gasteiger partial charge in [0.25, 0.3) is 0 Å². The predicted molar refractivity (Wildman–Crippen MR) is 105 cm³/mol. The maximum absolute atomic E-state index is 9.55. The maximum Gasteiger partial charge on any atom is 0.328 e. The Balaban J connectivity index is 0.000000279. The summed E-state index contributed by atoms with van der Waals surface area (Å²) in [6.45, 7) is 9.69. The second-order valence-electron chi connectivity index (χ2n) is 7.76. The Labute approximate surface area is 160 Å². The SMILES string of the molecule is C[C@@H](NC1C2CCN(CC2)C1(C)C)c1ccccc1.O=C(O)C=CC(=O)O. The zero-order chi connectivity index (χ0) is 20.0. The molecule has 3 N–H and O–H groups in total. The van der Waals surface area contributed by atoms with Crippen LogP contribution in [0.3, 0.4) is 0 Å². The fourth-order valence-electron chi connectivity index (χ4n) is 4.17. The lowest BCUT2D eigenvalue weighted by molar-refractivity contribution is -0.134. The maximum atomic E-state index is 9.55. The smallest absolute Gasteiger partial charge is 0.328 e. The first-order valence-electron chi connectivity index (χ1n) is 9.41. The Morgan fingerprint density at radius 3 is 2.07 bits per heavy atom. The van der Waals surface area contributed by atoms with Gasteiger partial charge in [-0.1, -0.05) is 30.3 Å². The van der Waals surface area contributed by atoms with Gasteiger partial charge < -0.3 is 15.5 Å². The average molecular weight is 374 g/mol. The molecule has 1 aromatic carbocycles. The van der Waals surface area contributed by atoms with Gasteiger partial charge in [0.1, 0.15) is 0 Å². The van der Waals surface area contributed by atoms with Crippen LogP contribution in [0.2, 0.25) is 0 Å². The van der Waals surface area contributed by atoms with Crippen molar-refractivity contribution in [3.05, 3.63) is 48.0 Å². The minimum absolute atomic E-state index is 0.296. The Morgan fingerprint density at radius 1 is 1.11 bits per heavy atom. The van der Waals surface area contributed by atoms with Gasteiger partial charge in [-0.2, -0.15) is 0 Å². The second-order valence-corrected chi connectivity index (χ2v) is 7.76. The molecule has 3 aliphatic rings. The van der Waals surface area contributed by atoms with Gasteiger partial charge in [0.15, 0.2) is 0 Å². The molecule has 6 nitrogen and oxygen atoms in total. The van der Waals surface area contributed by atoms with E-state index in [0.29, 0.717) is 29.8 Å². The van der Waals surface area contributed by atoms with Crippen molar-refractivity contribution in [2.75, 3.05) is 13.1 Å². The number of carboxylic acid groups (broad SMARTS) is 2. The van der Waals surface area contributed by atoms with Crippen LogP contribution in [-0.4, -0.2) is 51.7 Å². The van der Waals surface area contributed by atoms with Crippen molar-refractivity contribution >= 4 is 11.9 Å². The number of aliphatic carboxylic acids is 2. The quantitative estimate of drug-likeness (QED) is 0.687. The van der Waals surface area contributed by atoms with E-state index in [0.717, 1.165) is 5.92 Å².